The zero-order valence-corrected chi connectivity index (χ0v) is 11.7. The SMILES string of the molecule is COc1ccc(CO)cc1S(=O)(=O)NCc1ccoc1. The third-order valence-electron chi connectivity index (χ3n) is 2.75. The van der Waals surface area contributed by atoms with Gasteiger partial charge in [0.15, 0.2) is 0 Å². The predicted octanol–water partition coefficient (Wildman–Crippen LogP) is 1.26. The maximum Gasteiger partial charge on any atom is 0.244 e. The van der Waals surface area contributed by atoms with E-state index < -0.39 is 10.0 Å². The average molecular weight is 297 g/mol. The number of rotatable bonds is 6. The van der Waals surface area contributed by atoms with E-state index in [-0.39, 0.29) is 23.8 Å². The van der Waals surface area contributed by atoms with Gasteiger partial charge >= 0.3 is 0 Å². The molecule has 7 heteroatoms. The summed E-state index contributed by atoms with van der Waals surface area (Å²) in [5.41, 5.74) is 1.21. The minimum atomic E-state index is -3.74. The van der Waals surface area contributed by atoms with Crippen LogP contribution in [-0.2, 0) is 23.2 Å². The van der Waals surface area contributed by atoms with Gasteiger partial charge in [0, 0.05) is 12.1 Å². The van der Waals surface area contributed by atoms with Gasteiger partial charge in [-0.05, 0) is 23.8 Å². The number of aliphatic hydroxyl groups is 1. The van der Waals surface area contributed by atoms with Crippen LogP contribution in [-0.4, -0.2) is 20.6 Å². The molecule has 0 spiro atoms. The first-order chi connectivity index (χ1) is 9.56. The van der Waals surface area contributed by atoms with Crippen molar-refractivity contribution in [2.24, 2.45) is 0 Å². The molecule has 0 aliphatic carbocycles. The lowest BCUT2D eigenvalue weighted by Crippen LogP contribution is -2.23. The van der Waals surface area contributed by atoms with Crippen molar-refractivity contribution < 1.29 is 22.7 Å². The van der Waals surface area contributed by atoms with Crippen LogP contribution in [0.15, 0.2) is 46.1 Å². The molecule has 0 bridgehead atoms. The Morgan fingerprint density at radius 2 is 2.10 bits per heavy atom. The first-order valence-electron chi connectivity index (χ1n) is 5.85. The fourth-order valence-corrected chi connectivity index (χ4v) is 2.91. The van der Waals surface area contributed by atoms with Crippen molar-refractivity contribution in [3.63, 3.8) is 0 Å². The van der Waals surface area contributed by atoms with Crippen molar-refractivity contribution in [2.75, 3.05) is 7.11 Å². The molecule has 0 atom stereocenters. The second-order valence-electron chi connectivity index (χ2n) is 4.10. The summed E-state index contributed by atoms with van der Waals surface area (Å²) in [4.78, 5) is -0.00459. The van der Waals surface area contributed by atoms with Gasteiger partial charge in [0.1, 0.15) is 10.6 Å². The third-order valence-corrected chi connectivity index (χ3v) is 4.17. The highest BCUT2D eigenvalue weighted by atomic mass is 32.2. The van der Waals surface area contributed by atoms with Crippen LogP contribution in [0.25, 0.3) is 0 Å². The second-order valence-corrected chi connectivity index (χ2v) is 5.83. The van der Waals surface area contributed by atoms with E-state index in [2.05, 4.69) is 4.72 Å². The van der Waals surface area contributed by atoms with E-state index in [1.165, 1.54) is 31.8 Å². The van der Waals surface area contributed by atoms with Crippen LogP contribution in [0.1, 0.15) is 11.1 Å². The Morgan fingerprint density at radius 1 is 1.30 bits per heavy atom. The van der Waals surface area contributed by atoms with Gasteiger partial charge in [0.2, 0.25) is 10.0 Å². The molecule has 0 aliphatic heterocycles. The first kappa shape index (κ1) is 14.6. The zero-order valence-electron chi connectivity index (χ0n) is 10.9. The minimum absolute atomic E-state index is 0.00459. The normalized spacial score (nSPS) is 11.5. The smallest absolute Gasteiger partial charge is 0.244 e. The quantitative estimate of drug-likeness (QED) is 0.838. The summed E-state index contributed by atoms with van der Waals surface area (Å²) >= 11 is 0. The number of hydrogen-bond donors (Lipinski definition) is 2. The maximum atomic E-state index is 12.3. The molecule has 108 valence electrons. The van der Waals surface area contributed by atoms with Crippen LogP contribution in [0.5, 0.6) is 5.75 Å². The average Bonchev–Trinajstić information content (AvgIpc) is 2.98. The van der Waals surface area contributed by atoms with Crippen LogP contribution in [0.4, 0.5) is 0 Å². The third kappa shape index (κ3) is 3.19. The monoisotopic (exact) mass is 297 g/mol. The van der Waals surface area contributed by atoms with E-state index in [0.29, 0.717) is 11.1 Å². The van der Waals surface area contributed by atoms with E-state index >= 15 is 0 Å². The summed E-state index contributed by atoms with van der Waals surface area (Å²) in [6.07, 6.45) is 2.93. The molecule has 6 nitrogen and oxygen atoms in total. The number of sulfonamides is 1. The van der Waals surface area contributed by atoms with Gasteiger partial charge < -0.3 is 14.3 Å². The molecule has 0 fully saturated rings. The summed E-state index contributed by atoms with van der Waals surface area (Å²) in [5, 5.41) is 9.10. The molecule has 1 aromatic carbocycles. The van der Waals surface area contributed by atoms with Crippen molar-refractivity contribution >= 4 is 10.0 Å². The lowest BCUT2D eigenvalue weighted by atomic mass is 10.2. The molecule has 0 saturated heterocycles. The predicted molar refractivity (Wildman–Crippen MR) is 71.7 cm³/mol. The molecular weight excluding hydrogens is 282 g/mol. The van der Waals surface area contributed by atoms with E-state index in [4.69, 9.17) is 14.3 Å². The van der Waals surface area contributed by atoms with Crippen molar-refractivity contribution in [1.29, 1.82) is 0 Å². The van der Waals surface area contributed by atoms with E-state index in [1.807, 2.05) is 0 Å². The van der Waals surface area contributed by atoms with Crippen molar-refractivity contribution in [3.8, 4) is 5.75 Å². The molecule has 0 saturated carbocycles. The molecule has 2 N–H and O–H groups in total. The van der Waals surface area contributed by atoms with Gasteiger partial charge in [0.05, 0.1) is 26.2 Å². The Labute approximate surface area is 117 Å². The van der Waals surface area contributed by atoms with E-state index in [9.17, 15) is 8.42 Å². The number of benzene rings is 1. The van der Waals surface area contributed by atoms with Gasteiger partial charge in [-0.15, -0.1) is 0 Å². The van der Waals surface area contributed by atoms with E-state index in [0.717, 1.165) is 0 Å². The Balaban J connectivity index is 2.28. The number of methoxy groups -OCH3 is 1. The lowest BCUT2D eigenvalue weighted by Gasteiger charge is -2.11. The highest BCUT2D eigenvalue weighted by molar-refractivity contribution is 7.89. The van der Waals surface area contributed by atoms with Gasteiger partial charge in [0.25, 0.3) is 0 Å². The fourth-order valence-electron chi connectivity index (χ4n) is 1.68. The maximum absolute atomic E-state index is 12.3. The van der Waals surface area contributed by atoms with Crippen LogP contribution in [0.2, 0.25) is 0 Å². The lowest BCUT2D eigenvalue weighted by molar-refractivity contribution is 0.281. The molecule has 2 rings (SSSR count). The summed E-state index contributed by atoms with van der Waals surface area (Å²) in [5.74, 6) is 0.224. The molecule has 0 aliphatic rings. The number of aliphatic hydroxyl groups excluding tert-OH is 1. The van der Waals surface area contributed by atoms with Crippen LogP contribution < -0.4 is 9.46 Å². The molecule has 0 amide bonds. The summed E-state index contributed by atoms with van der Waals surface area (Å²) < 4.78 is 36.9. The standard InChI is InChI=1S/C13H15NO5S/c1-18-12-3-2-10(8-15)6-13(12)20(16,17)14-7-11-4-5-19-9-11/h2-6,9,14-15H,7-8H2,1H3. The number of ether oxygens (including phenoxy) is 1. The Hall–Kier alpha value is -1.83. The molecular formula is C13H15NO5S. The van der Waals surface area contributed by atoms with Crippen LogP contribution >= 0.6 is 0 Å². The Kier molecular flexibility index (Phi) is 4.43. The largest absolute Gasteiger partial charge is 0.495 e. The second kappa shape index (κ2) is 6.08. The molecule has 20 heavy (non-hydrogen) atoms. The molecule has 0 unspecified atom stereocenters. The van der Waals surface area contributed by atoms with Gasteiger partial charge in [-0.25, -0.2) is 13.1 Å². The van der Waals surface area contributed by atoms with Crippen LogP contribution in [0.3, 0.4) is 0 Å². The topological polar surface area (TPSA) is 88.8 Å². The summed E-state index contributed by atoms with van der Waals surface area (Å²) in [6.45, 7) is -0.125. The molecule has 2 aromatic rings. The zero-order chi connectivity index (χ0) is 14.6. The molecule has 1 heterocycles. The van der Waals surface area contributed by atoms with Gasteiger partial charge in [-0.2, -0.15) is 0 Å². The number of nitrogens with one attached hydrogen (secondary N) is 1. The van der Waals surface area contributed by atoms with E-state index in [1.54, 1.807) is 12.1 Å². The summed E-state index contributed by atoms with van der Waals surface area (Å²) in [6, 6.07) is 6.17. The fraction of sp³-hybridized carbons (Fsp3) is 0.231. The van der Waals surface area contributed by atoms with Crippen molar-refractivity contribution in [1.82, 2.24) is 4.72 Å². The van der Waals surface area contributed by atoms with Crippen molar-refractivity contribution in [3.05, 3.63) is 47.9 Å². The number of furan rings is 1. The molecule has 0 radical (unpaired) electrons. The highest BCUT2D eigenvalue weighted by Crippen LogP contribution is 2.25. The van der Waals surface area contributed by atoms with Gasteiger partial charge in [-0.1, -0.05) is 6.07 Å². The minimum Gasteiger partial charge on any atom is -0.495 e. The highest BCUT2D eigenvalue weighted by Gasteiger charge is 2.20. The molecule has 1 aromatic heterocycles. The Bertz CT molecular complexity index is 664. The van der Waals surface area contributed by atoms with Gasteiger partial charge in [-0.3, -0.25) is 0 Å². The van der Waals surface area contributed by atoms with Crippen molar-refractivity contribution in [2.45, 2.75) is 18.0 Å². The Morgan fingerprint density at radius 3 is 2.70 bits per heavy atom. The first-order valence-corrected chi connectivity index (χ1v) is 7.33. The number of hydrogen-bond acceptors (Lipinski definition) is 5. The summed E-state index contributed by atoms with van der Waals surface area (Å²) in [7, 11) is -2.35. The van der Waals surface area contributed by atoms with Crippen LogP contribution in [0, 0.1) is 0 Å².